The predicted octanol–water partition coefficient (Wildman–Crippen LogP) is 3.78. The quantitative estimate of drug-likeness (QED) is 0.709. The van der Waals surface area contributed by atoms with Gasteiger partial charge in [-0.2, -0.15) is 0 Å². The summed E-state index contributed by atoms with van der Waals surface area (Å²) in [4.78, 5) is 24.0. The van der Waals surface area contributed by atoms with Crippen LogP contribution in [0.3, 0.4) is 0 Å². The highest BCUT2D eigenvalue weighted by atomic mass is 19.1. The van der Waals surface area contributed by atoms with E-state index in [2.05, 4.69) is 5.32 Å². The van der Waals surface area contributed by atoms with Gasteiger partial charge in [-0.1, -0.05) is 36.4 Å². The highest BCUT2D eigenvalue weighted by Gasteiger charge is 2.14. The van der Waals surface area contributed by atoms with Gasteiger partial charge in [-0.3, -0.25) is 4.79 Å². The molecule has 6 heteroatoms. The zero-order chi connectivity index (χ0) is 18.5. The molecule has 0 aliphatic carbocycles. The highest BCUT2D eigenvalue weighted by Crippen LogP contribution is 2.23. The maximum Gasteiger partial charge on any atom is 0.338 e. The van der Waals surface area contributed by atoms with Crippen molar-refractivity contribution in [3.8, 4) is 5.75 Å². The number of carbonyl (C=O) groups excluding carboxylic acids is 2. The normalized spacial score (nSPS) is 10.4. The maximum absolute atomic E-state index is 13.6. The van der Waals surface area contributed by atoms with Gasteiger partial charge in [-0.15, -0.1) is 0 Å². The van der Waals surface area contributed by atoms with Gasteiger partial charge in [0.1, 0.15) is 0 Å². The van der Waals surface area contributed by atoms with E-state index in [1.807, 2.05) is 36.4 Å². The number of hydrogen-bond acceptors (Lipinski definition) is 4. The minimum absolute atomic E-state index is 0.00117. The van der Waals surface area contributed by atoms with Crippen molar-refractivity contribution < 1.29 is 23.5 Å². The summed E-state index contributed by atoms with van der Waals surface area (Å²) in [7, 11) is 1.33. The van der Waals surface area contributed by atoms with E-state index < -0.39 is 24.3 Å². The number of hydrogen-bond donors (Lipinski definition) is 1. The lowest BCUT2D eigenvalue weighted by atomic mass is 10.1. The Balaban J connectivity index is 1.63. The summed E-state index contributed by atoms with van der Waals surface area (Å²) < 4.78 is 23.4. The second kappa shape index (κ2) is 7.65. The van der Waals surface area contributed by atoms with E-state index in [9.17, 15) is 14.0 Å². The Morgan fingerprint density at radius 2 is 1.81 bits per heavy atom. The molecule has 0 bridgehead atoms. The molecule has 0 atom stereocenters. The van der Waals surface area contributed by atoms with Crippen molar-refractivity contribution in [1.82, 2.24) is 0 Å². The molecule has 1 N–H and O–H groups in total. The fraction of sp³-hybridized carbons (Fsp3) is 0.100. The van der Waals surface area contributed by atoms with E-state index >= 15 is 0 Å². The third kappa shape index (κ3) is 3.80. The molecule has 3 aromatic rings. The number of fused-ring (bicyclic) bond motifs is 1. The summed E-state index contributed by atoms with van der Waals surface area (Å²) >= 11 is 0. The van der Waals surface area contributed by atoms with Crippen LogP contribution in [0.5, 0.6) is 5.75 Å². The predicted molar refractivity (Wildman–Crippen MR) is 95.8 cm³/mol. The summed E-state index contributed by atoms with van der Waals surface area (Å²) in [6, 6.07) is 16.8. The van der Waals surface area contributed by atoms with Crippen molar-refractivity contribution in [3.63, 3.8) is 0 Å². The third-order valence-electron chi connectivity index (χ3n) is 3.79. The molecule has 0 saturated carbocycles. The van der Waals surface area contributed by atoms with Crippen LogP contribution in [-0.4, -0.2) is 25.6 Å². The lowest BCUT2D eigenvalue weighted by Gasteiger charge is -2.09. The molecule has 0 saturated heterocycles. The molecule has 0 fully saturated rings. The molecule has 1 amide bonds. The number of ether oxygens (including phenoxy) is 2. The van der Waals surface area contributed by atoms with E-state index in [0.29, 0.717) is 5.69 Å². The van der Waals surface area contributed by atoms with E-state index in [4.69, 9.17) is 9.47 Å². The molecule has 26 heavy (non-hydrogen) atoms. The summed E-state index contributed by atoms with van der Waals surface area (Å²) in [6.45, 7) is -0.476. The van der Waals surface area contributed by atoms with Gasteiger partial charge in [0.25, 0.3) is 5.91 Å². The van der Waals surface area contributed by atoms with E-state index in [0.717, 1.165) is 16.8 Å². The second-order valence-corrected chi connectivity index (χ2v) is 5.50. The Kier molecular flexibility index (Phi) is 5.12. The van der Waals surface area contributed by atoms with Gasteiger partial charge in [0, 0.05) is 11.1 Å². The molecule has 0 spiro atoms. The maximum atomic E-state index is 13.6. The highest BCUT2D eigenvalue weighted by molar-refractivity contribution is 6.03. The number of methoxy groups -OCH3 is 1. The van der Waals surface area contributed by atoms with Crippen molar-refractivity contribution in [2.45, 2.75) is 0 Å². The number of halogens is 1. The van der Waals surface area contributed by atoms with Gasteiger partial charge in [0.05, 0.1) is 12.7 Å². The molecule has 0 unspecified atom stereocenters. The van der Waals surface area contributed by atoms with E-state index in [-0.39, 0.29) is 11.3 Å². The second-order valence-electron chi connectivity index (χ2n) is 5.50. The van der Waals surface area contributed by atoms with E-state index in [1.165, 1.54) is 19.2 Å². The molecule has 3 aromatic carbocycles. The zero-order valence-electron chi connectivity index (χ0n) is 14.0. The molecule has 0 aliphatic rings. The number of amides is 1. The van der Waals surface area contributed by atoms with Gasteiger partial charge in [-0.25, -0.2) is 9.18 Å². The van der Waals surface area contributed by atoms with Crippen molar-refractivity contribution in [1.29, 1.82) is 0 Å². The average Bonchev–Trinajstić information content (AvgIpc) is 2.66. The summed E-state index contributed by atoms with van der Waals surface area (Å²) in [5.41, 5.74) is 0.626. The van der Waals surface area contributed by atoms with Crippen LogP contribution in [0, 0.1) is 5.82 Å². The number of carbonyl (C=O) groups is 2. The van der Waals surface area contributed by atoms with Crippen LogP contribution < -0.4 is 10.1 Å². The standard InChI is InChI=1S/C20H16FNO4/c1-25-18-10-9-14(11-16(18)21)20(24)26-12-19(23)22-17-8-4-6-13-5-2-3-7-15(13)17/h2-11H,12H2,1H3,(H,22,23). The van der Waals surface area contributed by atoms with Gasteiger partial charge in [-0.05, 0) is 29.7 Å². The first kappa shape index (κ1) is 17.4. The van der Waals surface area contributed by atoms with Crippen LogP contribution in [0.2, 0.25) is 0 Å². The van der Waals surface area contributed by atoms with Gasteiger partial charge >= 0.3 is 5.97 Å². The molecular formula is C20H16FNO4. The molecule has 0 radical (unpaired) electrons. The first-order chi connectivity index (χ1) is 12.6. The minimum atomic E-state index is -0.792. The van der Waals surface area contributed by atoms with Crippen LogP contribution in [0.1, 0.15) is 10.4 Å². The van der Waals surface area contributed by atoms with Gasteiger partial charge in [0.15, 0.2) is 18.2 Å². The number of anilines is 1. The Morgan fingerprint density at radius 3 is 2.58 bits per heavy atom. The smallest absolute Gasteiger partial charge is 0.338 e. The molecular weight excluding hydrogens is 337 g/mol. The van der Waals surface area contributed by atoms with Crippen LogP contribution in [0.4, 0.5) is 10.1 Å². The fourth-order valence-corrected chi connectivity index (χ4v) is 2.53. The summed E-state index contributed by atoms with van der Waals surface area (Å²) in [5.74, 6) is -1.93. The SMILES string of the molecule is COc1ccc(C(=O)OCC(=O)Nc2cccc3ccccc23)cc1F. The Labute approximate surface area is 149 Å². The monoisotopic (exact) mass is 353 g/mol. The molecule has 132 valence electrons. The van der Waals surface area contributed by atoms with Crippen LogP contribution in [0.25, 0.3) is 10.8 Å². The van der Waals surface area contributed by atoms with Crippen molar-refractivity contribution in [2.75, 3.05) is 19.0 Å². The fourth-order valence-electron chi connectivity index (χ4n) is 2.53. The Bertz CT molecular complexity index is 966. The topological polar surface area (TPSA) is 64.6 Å². The molecule has 0 heterocycles. The largest absolute Gasteiger partial charge is 0.494 e. The van der Waals surface area contributed by atoms with Crippen molar-refractivity contribution >= 4 is 28.3 Å². The van der Waals surface area contributed by atoms with Crippen molar-refractivity contribution in [3.05, 3.63) is 72.0 Å². The Hall–Kier alpha value is -3.41. The number of esters is 1. The number of benzene rings is 3. The van der Waals surface area contributed by atoms with Crippen molar-refractivity contribution in [2.24, 2.45) is 0 Å². The number of nitrogens with one attached hydrogen (secondary N) is 1. The Morgan fingerprint density at radius 1 is 1.04 bits per heavy atom. The zero-order valence-corrected chi connectivity index (χ0v) is 14.0. The first-order valence-corrected chi connectivity index (χ1v) is 7.87. The summed E-state index contributed by atoms with van der Waals surface area (Å²) in [6.07, 6.45) is 0. The van der Waals surface area contributed by atoms with Gasteiger partial charge < -0.3 is 14.8 Å². The average molecular weight is 353 g/mol. The summed E-state index contributed by atoms with van der Waals surface area (Å²) in [5, 5.41) is 4.57. The van der Waals surface area contributed by atoms with Gasteiger partial charge in [0.2, 0.25) is 0 Å². The number of rotatable bonds is 5. The van der Waals surface area contributed by atoms with Crippen LogP contribution >= 0.6 is 0 Å². The van der Waals surface area contributed by atoms with Crippen LogP contribution in [-0.2, 0) is 9.53 Å². The minimum Gasteiger partial charge on any atom is -0.494 e. The third-order valence-corrected chi connectivity index (χ3v) is 3.79. The molecule has 0 aromatic heterocycles. The lowest BCUT2D eigenvalue weighted by Crippen LogP contribution is -2.21. The van der Waals surface area contributed by atoms with Crippen LogP contribution in [0.15, 0.2) is 60.7 Å². The van der Waals surface area contributed by atoms with E-state index in [1.54, 1.807) is 6.07 Å². The molecule has 5 nitrogen and oxygen atoms in total. The molecule has 3 rings (SSSR count). The first-order valence-electron chi connectivity index (χ1n) is 7.87. The molecule has 0 aliphatic heterocycles. The lowest BCUT2D eigenvalue weighted by molar-refractivity contribution is -0.119.